The van der Waals surface area contributed by atoms with Crippen molar-refractivity contribution in [3.63, 3.8) is 0 Å². The third kappa shape index (κ3) is 2.55. The first kappa shape index (κ1) is 9.70. The Morgan fingerprint density at radius 2 is 2.40 bits per heavy atom. The molecule has 0 aliphatic carbocycles. The highest BCUT2D eigenvalue weighted by Gasteiger charge is 2.04. The van der Waals surface area contributed by atoms with Crippen molar-refractivity contribution in [3.05, 3.63) is 24.1 Å². The summed E-state index contributed by atoms with van der Waals surface area (Å²) in [6.07, 6.45) is 5.29. The lowest BCUT2D eigenvalue weighted by atomic mass is 10.3. The number of H-pyrrole nitrogens is 1. The lowest BCUT2D eigenvalue weighted by molar-refractivity contribution is 0.500. The van der Waals surface area contributed by atoms with Crippen molar-refractivity contribution in [2.45, 2.75) is 26.3 Å². The first-order valence-corrected chi connectivity index (χ1v) is 4.93. The molecule has 0 bridgehead atoms. The fourth-order valence-electron chi connectivity index (χ4n) is 1.19. The molecule has 2 rings (SSSR count). The number of aryl methyl sites for hydroxylation is 1. The van der Waals surface area contributed by atoms with Gasteiger partial charge in [-0.15, -0.1) is 5.10 Å². The van der Waals surface area contributed by atoms with Crippen LogP contribution in [0.2, 0.25) is 0 Å². The third-order valence-corrected chi connectivity index (χ3v) is 1.89. The van der Waals surface area contributed by atoms with Gasteiger partial charge < -0.3 is 14.7 Å². The second-order valence-electron chi connectivity index (χ2n) is 3.14. The van der Waals surface area contributed by atoms with E-state index in [4.69, 9.17) is 4.42 Å². The van der Waals surface area contributed by atoms with Gasteiger partial charge in [-0.2, -0.15) is 0 Å². The maximum Gasteiger partial charge on any atom is 0.315 e. The highest BCUT2D eigenvalue weighted by molar-refractivity contribution is 5.17. The molecule has 2 N–H and O–H groups in total. The smallest absolute Gasteiger partial charge is 0.315 e. The van der Waals surface area contributed by atoms with Crippen molar-refractivity contribution in [2.75, 3.05) is 5.32 Å². The highest BCUT2D eigenvalue weighted by atomic mass is 16.4. The second kappa shape index (κ2) is 4.59. The van der Waals surface area contributed by atoms with E-state index in [0.717, 1.165) is 18.7 Å². The van der Waals surface area contributed by atoms with Crippen molar-refractivity contribution in [1.82, 2.24) is 20.2 Å². The standard InChI is InChI=1S/C9H13N5O/c1-2-3-8-13-14-9(15-8)12-6-7-10-4-5-11-7/h4-5H,2-3,6H2,1H3,(H,10,11)(H,12,14). The Morgan fingerprint density at radius 3 is 3.13 bits per heavy atom. The lowest BCUT2D eigenvalue weighted by Gasteiger charge is -1.96. The Hall–Kier alpha value is -1.85. The summed E-state index contributed by atoms with van der Waals surface area (Å²) in [4.78, 5) is 7.04. The molecule has 0 aliphatic rings. The number of rotatable bonds is 5. The molecule has 0 spiro atoms. The number of anilines is 1. The molecule has 0 aliphatic heterocycles. The van der Waals surface area contributed by atoms with Crippen LogP contribution < -0.4 is 5.32 Å². The number of imidazole rings is 1. The van der Waals surface area contributed by atoms with E-state index in [9.17, 15) is 0 Å². The van der Waals surface area contributed by atoms with E-state index in [1.807, 2.05) is 0 Å². The molecule has 0 radical (unpaired) electrons. The molecule has 15 heavy (non-hydrogen) atoms. The molecule has 0 atom stereocenters. The van der Waals surface area contributed by atoms with Gasteiger partial charge in [0.1, 0.15) is 5.82 Å². The molecular weight excluding hydrogens is 194 g/mol. The topological polar surface area (TPSA) is 79.6 Å². The number of hydrogen-bond donors (Lipinski definition) is 2. The van der Waals surface area contributed by atoms with E-state index in [2.05, 4.69) is 32.4 Å². The predicted molar refractivity (Wildman–Crippen MR) is 54.2 cm³/mol. The average molecular weight is 207 g/mol. The third-order valence-electron chi connectivity index (χ3n) is 1.89. The summed E-state index contributed by atoms with van der Waals surface area (Å²) >= 11 is 0. The molecule has 2 aromatic rings. The van der Waals surface area contributed by atoms with Crippen LogP contribution >= 0.6 is 0 Å². The fraction of sp³-hybridized carbons (Fsp3) is 0.444. The van der Waals surface area contributed by atoms with Crippen LogP contribution in [-0.2, 0) is 13.0 Å². The van der Waals surface area contributed by atoms with Crippen molar-refractivity contribution >= 4 is 6.01 Å². The van der Waals surface area contributed by atoms with Crippen LogP contribution in [0.15, 0.2) is 16.8 Å². The van der Waals surface area contributed by atoms with Gasteiger partial charge in [-0.1, -0.05) is 12.0 Å². The van der Waals surface area contributed by atoms with Crippen LogP contribution in [0, 0.1) is 0 Å². The van der Waals surface area contributed by atoms with Crippen LogP contribution in [-0.4, -0.2) is 20.2 Å². The van der Waals surface area contributed by atoms with E-state index >= 15 is 0 Å². The first-order valence-electron chi connectivity index (χ1n) is 4.93. The number of hydrogen-bond acceptors (Lipinski definition) is 5. The van der Waals surface area contributed by atoms with Gasteiger partial charge in [0, 0.05) is 18.8 Å². The van der Waals surface area contributed by atoms with E-state index in [1.54, 1.807) is 12.4 Å². The zero-order valence-corrected chi connectivity index (χ0v) is 8.53. The number of nitrogens with zero attached hydrogens (tertiary/aromatic N) is 3. The Bertz CT molecular complexity index is 394. The van der Waals surface area contributed by atoms with Gasteiger partial charge in [-0.25, -0.2) is 4.98 Å². The number of nitrogens with one attached hydrogen (secondary N) is 2. The van der Waals surface area contributed by atoms with Crippen molar-refractivity contribution in [3.8, 4) is 0 Å². The average Bonchev–Trinajstić information content (AvgIpc) is 2.85. The summed E-state index contributed by atoms with van der Waals surface area (Å²) in [5, 5.41) is 10.8. The van der Waals surface area contributed by atoms with Crippen molar-refractivity contribution in [1.29, 1.82) is 0 Å². The van der Waals surface area contributed by atoms with Gasteiger partial charge in [-0.05, 0) is 6.42 Å². The quantitative estimate of drug-likeness (QED) is 0.773. The molecule has 6 heteroatoms. The zero-order chi connectivity index (χ0) is 10.5. The molecule has 6 nitrogen and oxygen atoms in total. The molecule has 0 saturated carbocycles. The van der Waals surface area contributed by atoms with Crippen LogP contribution in [0.4, 0.5) is 6.01 Å². The monoisotopic (exact) mass is 207 g/mol. The molecule has 0 unspecified atom stereocenters. The molecule has 0 aromatic carbocycles. The summed E-state index contributed by atoms with van der Waals surface area (Å²) in [6.45, 7) is 2.63. The first-order chi connectivity index (χ1) is 7.38. The fourth-order valence-corrected chi connectivity index (χ4v) is 1.19. The molecule has 2 heterocycles. The maximum atomic E-state index is 5.35. The summed E-state index contributed by atoms with van der Waals surface area (Å²) in [5.74, 6) is 1.50. The predicted octanol–water partition coefficient (Wildman–Crippen LogP) is 1.36. The Morgan fingerprint density at radius 1 is 1.47 bits per heavy atom. The summed E-state index contributed by atoms with van der Waals surface area (Å²) in [5.41, 5.74) is 0. The van der Waals surface area contributed by atoms with Gasteiger partial charge in [0.2, 0.25) is 5.89 Å². The number of aromatic amines is 1. The SMILES string of the molecule is CCCc1nnc(NCc2ncc[nH]2)o1. The van der Waals surface area contributed by atoms with E-state index in [-0.39, 0.29) is 0 Å². The highest BCUT2D eigenvalue weighted by Crippen LogP contribution is 2.07. The van der Waals surface area contributed by atoms with Gasteiger partial charge in [-0.3, -0.25) is 0 Å². The van der Waals surface area contributed by atoms with Crippen molar-refractivity contribution < 1.29 is 4.42 Å². The zero-order valence-electron chi connectivity index (χ0n) is 8.53. The largest absolute Gasteiger partial charge is 0.408 e. The maximum absolute atomic E-state index is 5.35. The van der Waals surface area contributed by atoms with Crippen LogP contribution in [0.3, 0.4) is 0 Å². The second-order valence-corrected chi connectivity index (χ2v) is 3.14. The van der Waals surface area contributed by atoms with E-state index in [0.29, 0.717) is 18.5 Å². The molecular formula is C9H13N5O. The van der Waals surface area contributed by atoms with E-state index < -0.39 is 0 Å². The van der Waals surface area contributed by atoms with Gasteiger partial charge in [0.05, 0.1) is 6.54 Å². The van der Waals surface area contributed by atoms with Gasteiger partial charge >= 0.3 is 6.01 Å². The van der Waals surface area contributed by atoms with Gasteiger partial charge in [0.15, 0.2) is 0 Å². The Balaban J connectivity index is 1.88. The molecule has 2 aromatic heterocycles. The normalized spacial score (nSPS) is 10.5. The summed E-state index contributed by atoms with van der Waals surface area (Å²) < 4.78 is 5.35. The lowest BCUT2D eigenvalue weighted by Crippen LogP contribution is -2.01. The van der Waals surface area contributed by atoms with Crippen LogP contribution in [0.1, 0.15) is 25.1 Å². The number of aromatic nitrogens is 4. The molecule has 0 amide bonds. The van der Waals surface area contributed by atoms with E-state index in [1.165, 1.54) is 0 Å². The molecule has 0 fully saturated rings. The van der Waals surface area contributed by atoms with Crippen LogP contribution in [0.25, 0.3) is 0 Å². The summed E-state index contributed by atoms with van der Waals surface area (Å²) in [6, 6.07) is 0.440. The van der Waals surface area contributed by atoms with Crippen LogP contribution in [0.5, 0.6) is 0 Å². The van der Waals surface area contributed by atoms with Gasteiger partial charge in [0.25, 0.3) is 0 Å². The molecule has 80 valence electrons. The molecule has 0 saturated heterocycles. The Labute approximate surface area is 87.1 Å². The minimum atomic E-state index is 0.440. The minimum absolute atomic E-state index is 0.440. The Kier molecular flexibility index (Phi) is 2.96. The summed E-state index contributed by atoms with van der Waals surface area (Å²) in [7, 11) is 0. The van der Waals surface area contributed by atoms with Crippen molar-refractivity contribution in [2.24, 2.45) is 0 Å². The minimum Gasteiger partial charge on any atom is -0.408 e.